The molecule has 5 heteroatoms. The van der Waals surface area contributed by atoms with Crippen LogP contribution in [0.3, 0.4) is 0 Å². The van der Waals surface area contributed by atoms with Crippen molar-refractivity contribution in [2.24, 2.45) is 0 Å². The normalized spacial score (nSPS) is 17.7. The van der Waals surface area contributed by atoms with E-state index in [4.69, 9.17) is 4.74 Å². The van der Waals surface area contributed by atoms with Gasteiger partial charge < -0.3 is 15.0 Å². The number of carbonyl (C=O) groups excluding carboxylic acids is 1. The van der Waals surface area contributed by atoms with Crippen LogP contribution in [0, 0.1) is 0 Å². The zero-order valence-electron chi connectivity index (χ0n) is 13.0. The van der Waals surface area contributed by atoms with Gasteiger partial charge in [0, 0.05) is 32.4 Å². The number of carbonyl (C=O) groups is 1. The largest absolute Gasteiger partial charge is 0.376 e. The van der Waals surface area contributed by atoms with Crippen LogP contribution in [0.1, 0.15) is 43.5 Å². The van der Waals surface area contributed by atoms with E-state index in [0.717, 1.165) is 32.4 Å². The fraction of sp³-hybridized carbons (Fsp3) is 0.625. The highest BCUT2D eigenvalue weighted by molar-refractivity contribution is 5.98. The summed E-state index contributed by atoms with van der Waals surface area (Å²) < 4.78 is 5.64. The van der Waals surface area contributed by atoms with Gasteiger partial charge in [-0.05, 0) is 38.3 Å². The van der Waals surface area contributed by atoms with Crippen molar-refractivity contribution in [2.45, 2.75) is 39.2 Å². The van der Waals surface area contributed by atoms with Gasteiger partial charge in [-0.15, -0.1) is 0 Å². The number of nitrogens with one attached hydrogen (secondary N) is 1. The monoisotopic (exact) mass is 291 g/mol. The number of nitrogens with zero attached hydrogens (tertiary/aromatic N) is 2. The zero-order valence-corrected chi connectivity index (χ0v) is 13.0. The number of aromatic nitrogens is 1. The molecular weight excluding hydrogens is 266 g/mol. The molecule has 116 valence electrons. The van der Waals surface area contributed by atoms with Crippen molar-refractivity contribution < 1.29 is 9.53 Å². The molecular formula is C16H25N3O2. The van der Waals surface area contributed by atoms with Gasteiger partial charge in [-0.3, -0.25) is 4.79 Å². The molecule has 5 nitrogen and oxygen atoms in total. The Morgan fingerprint density at radius 3 is 3.05 bits per heavy atom. The zero-order chi connectivity index (χ0) is 15.1. The minimum Gasteiger partial charge on any atom is -0.376 e. The second-order valence-corrected chi connectivity index (χ2v) is 5.31. The second-order valence-electron chi connectivity index (χ2n) is 5.31. The number of hydrogen-bond acceptors (Lipinski definition) is 4. The highest BCUT2D eigenvalue weighted by Crippen LogP contribution is 2.18. The third kappa shape index (κ3) is 4.17. The van der Waals surface area contributed by atoms with E-state index in [1.165, 1.54) is 0 Å². The Kier molecular flexibility index (Phi) is 5.99. The maximum atomic E-state index is 12.7. The van der Waals surface area contributed by atoms with Gasteiger partial charge in [-0.25, -0.2) is 4.98 Å². The lowest BCUT2D eigenvalue weighted by atomic mass is 10.2. The average molecular weight is 291 g/mol. The molecule has 0 saturated carbocycles. The fourth-order valence-electron chi connectivity index (χ4n) is 2.52. The van der Waals surface area contributed by atoms with Crippen molar-refractivity contribution in [1.82, 2.24) is 9.88 Å². The Morgan fingerprint density at radius 2 is 2.38 bits per heavy atom. The molecule has 0 spiro atoms. The Hall–Kier alpha value is -1.62. The molecule has 1 aromatic heterocycles. The number of pyridine rings is 1. The smallest absolute Gasteiger partial charge is 0.257 e. The van der Waals surface area contributed by atoms with Crippen molar-refractivity contribution in [3.05, 3.63) is 23.9 Å². The van der Waals surface area contributed by atoms with Gasteiger partial charge in [0.15, 0.2) is 0 Å². The van der Waals surface area contributed by atoms with Gasteiger partial charge in [-0.1, -0.05) is 6.92 Å². The summed E-state index contributed by atoms with van der Waals surface area (Å²) in [6.45, 7) is 7.07. The average Bonchev–Trinajstić information content (AvgIpc) is 3.03. The third-order valence-corrected chi connectivity index (χ3v) is 3.70. The fourth-order valence-corrected chi connectivity index (χ4v) is 2.52. The number of anilines is 1. The standard InChI is InChI=1S/C16H25N3O2/c1-3-9-17-15-14(8-5-10-18-15)16(20)19(4-2)12-13-7-6-11-21-13/h5,8,10,13H,3-4,6-7,9,11-12H2,1-2H3,(H,17,18). The maximum Gasteiger partial charge on any atom is 0.257 e. The minimum atomic E-state index is 0.0275. The van der Waals surface area contributed by atoms with Crippen molar-refractivity contribution in [3.63, 3.8) is 0 Å². The Balaban J connectivity index is 2.08. The van der Waals surface area contributed by atoms with E-state index < -0.39 is 0 Å². The molecule has 2 heterocycles. The molecule has 0 aromatic carbocycles. The highest BCUT2D eigenvalue weighted by atomic mass is 16.5. The summed E-state index contributed by atoms with van der Waals surface area (Å²) in [4.78, 5) is 18.9. The van der Waals surface area contributed by atoms with Crippen LogP contribution in [0.5, 0.6) is 0 Å². The van der Waals surface area contributed by atoms with Gasteiger partial charge in [-0.2, -0.15) is 0 Å². The first-order chi connectivity index (χ1) is 10.3. The van der Waals surface area contributed by atoms with Crippen LogP contribution < -0.4 is 5.32 Å². The van der Waals surface area contributed by atoms with Gasteiger partial charge in [0.25, 0.3) is 5.91 Å². The third-order valence-electron chi connectivity index (χ3n) is 3.70. The van der Waals surface area contributed by atoms with E-state index in [-0.39, 0.29) is 12.0 Å². The summed E-state index contributed by atoms with van der Waals surface area (Å²) in [5, 5.41) is 3.23. The molecule has 1 amide bonds. The Labute approximate surface area is 126 Å². The minimum absolute atomic E-state index is 0.0275. The summed E-state index contributed by atoms with van der Waals surface area (Å²) in [5.74, 6) is 0.704. The van der Waals surface area contributed by atoms with Crippen molar-refractivity contribution in [2.75, 3.05) is 31.6 Å². The van der Waals surface area contributed by atoms with E-state index in [2.05, 4.69) is 17.2 Å². The van der Waals surface area contributed by atoms with Gasteiger partial charge >= 0.3 is 0 Å². The molecule has 0 aliphatic carbocycles. The first kappa shape index (κ1) is 15.8. The first-order valence-electron chi connectivity index (χ1n) is 7.86. The Morgan fingerprint density at radius 1 is 1.52 bits per heavy atom. The predicted octanol–water partition coefficient (Wildman–Crippen LogP) is 2.54. The van der Waals surface area contributed by atoms with Crippen LogP contribution in [0.2, 0.25) is 0 Å². The maximum absolute atomic E-state index is 12.7. The topological polar surface area (TPSA) is 54.5 Å². The molecule has 1 aliphatic rings. The van der Waals surface area contributed by atoms with Crippen LogP contribution in [-0.2, 0) is 4.74 Å². The molecule has 0 bridgehead atoms. The molecule has 1 atom stereocenters. The summed E-state index contributed by atoms with van der Waals surface area (Å²) in [7, 11) is 0. The van der Waals surface area contributed by atoms with Gasteiger partial charge in [0.1, 0.15) is 5.82 Å². The number of hydrogen-bond donors (Lipinski definition) is 1. The molecule has 1 unspecified atom stereocenters. The molecule has 1 N–H and O–H groups in total. The SMILES string of the molecule is CCCNc1ncccc1C(=O)N(CC)CC1CCCO1. The molecule has 1 saturated heterocycles. The van der Waals surface area contributed by atoms with Crippen molar-refractivity contribution in [3.8, 4) is 0 Å². The number of ether oxygens (including phenoxy) is 1. The summed E-state index contributed by atoms with van der Waals surface area (Å²) >= 11 is 0. The quantitative estimate of drug-likeness (QED) is 0.839. The predicted molar refractivity (Wildman–Crippen MR) is 83.6 cm³/mol. The van der Waals surface area contributed by atoms with E-state index in [1.807, 2.05) is 24.0 Å². The number of amides is 1. The molecule has 1 fully saturated rings. The number of rotatable bonds is 7. The first-order valence-corrected chi connectivity index (χ1v) is 7.86. The molecule has 2 rings (SSSR count). The lowest BCUT2D eigenvalue weighted by Crippen LogP contribution is -2.37. The van der Waals surface area contributed by atoms with Crippen LogP contribution in [0.25, 0.3) is 0 Å². The summed E-state index contributed by atoms with van der Waals surface area (Å²) in [6, 6.07) is 3.65. The Bertz CT molecular complexity index is 459. The van der Waals surface area contributed by atoms with Crippen LogP contribution in [0.4, 0.5) is 5.82 Å². The molecule has 0 radical (unpaired) electrons. The molecule has 1 aliphatic heterocycles. The van der Waals surface area contributed by atoms with Crippen LogP contribution in [0.15, 0.2) is 18.3 Å². The summed E-state index contributed by atoms with van der Waals surface area (Å²) in [5.41, 5.74) is 0.644. The highest BCUT2D eigenvalue weighted by Gasteiger charge is 2.24. The van der Waals surface area contributed by atoms with Crippen molar-refractivity contribution in [1.29, 1.82) is 0 Å². The summed E-state index contributed by atoms with van der Waals surface area (Å²) in [6.07, 6.45) is 5.02. The van der Waals surface area contributed by atoms with Crippen LogP contribution >= 0.6 is 0 Å². The van der Waals surface area contributed by atoms with E-state index in [1.54, 1.807) is 6.20 Å². The molecule has 21 heavy (non-hydrogen) atoms. The van der Waals surface area contributed by atoms with Crippen LogP contribution in [-0.4, -0.2) is 48.1 Å². The lowest BCUT2D eigenvalue weighted by Gasteiger charge is -2.24. The molecule has 1 aromatic rings. The number of likely N-dealkylation sites (N-methyl/N-ethyl adjacent to an activating group) is 1. The van der Waals surface area contributed by atoms with Crippen molar-refractivity contribution >= 4 is 11.7 Å². The van der Waals surface area contributed by atoms with Gasteiger partial charge in [0.2, 0.25) is 0 Å². The van der Waals surface area contributed by atoms with E-state index in [0.29, 0.717) is 24.5 Å². The second kappa shape index (κ2) is 7.98. The van der Waals surface area contributed by atoms with E-state index in [9.17, 15) is 4.79 Å². The lowest BCUT2D eigenvalue weighted by molar-refractivity contribution is 0.0539. The van der Waals surface area contributed by atoms with E-state index >= 15 is 0 Å². The van der Waals surface area contributed by atoms with Gasteiger partial charge in [0.05, 0.1) is 11.7 Å².